The van der Waals surface area contributed by atoms with Crippen molar-refractivity contribution >= 4 is 21.4 Å². The van der Waals surface area contributed by atoms with Crippen LogP contribution in [0.15, 0.2) is 24.3 Å². The molecule has 0 unspecified atom stereocenters. The number of hydrogen-bond donors (Lipinski definition) is 1. The third kappa shape index (κ3) is 4.96. The number of hydrogen-bond acceptors (Lipinski definition) is 5. The summed E-state index contributed by atoms with van der Waals surface area (Å²) in [7, 11) is -3.06. The van der Waals surface area contributed by atoms with Gasteiger partial charge in [-0.2, -0.15) is 13.2 Å². The SMILES string of the molecule is C[C@H](C(=O)N[C@@H]1CCS(=O)(=O)C1)N1CCN(c2cccc(C(F)(F)F)c2)CC1. The van der Waals surface area contributed by atoms with E-state index in [9.17, 15) is 26.4 Å². The van der Waals surface area contributed by atoms with Crippen LogP contribution in [0.3, 0.4) is 0 Å². The molecule has 1 aromatic carbocycles. The van der Waals surface area contributed by atoms with Crippen molar-refractivity contribution in [2.45, 2.75) is 31.6 Å². The van der Waals surface area contributed by atoms with Gasteiger partial charge in [-0.05, 0) is 31.5 Å². The van der Waals surface area contributed by atoms with Crippen LogP contribution in [-0.2, 0) is 20.8 Å². The molecule has 10 heteroatoms. The number of carbonyl (C=O) groups excluding carboxylic acids is 1. The molecule has 0 saturated carbocycles. The van der Waals surface area contributed by atoms with Crippen LogP contribution in [0.2, 0.25) is 0 Å². The number of nitrogens with one attached hydrogen (secondary N) is 1. The van der Waals surface area contributed by atoms with E-state index in [0.29, 0.717) is 38.3 Å². The average Bonchev–Trinajstić information content (AvgIpc) is 2.99. The molecule has 0 bridgehead atoms. The number of carbonyl (C=O) groups is 1. The first-order valence-electron chi connectivity index (χ1n) is 9.22. The summed E-state index contributed by atoms with van der Waals surface area (Å²) in [6, 6.07) is 4.48. The fourth-order valence-electron chi connectivity index (χ4n) is 3.64. The van der Waals surface area contributed by atoms with Crippen LogP contribution in [0, 0.1) is 0 Å². The van der Waals surface area contributed by atoms with Gasteiger partial charge in [0.25, 0.3) is 0 Å². The van der Waals surface area contributed by atoms with Gasteiger partial charge in [0, 0.05) is 37.9 Å². The Kier molecular flexibility index (Phi) is 5.90. The maximum Gasteiger partial charge on any atom is 0.416 e. The van der Waals surface area contributed by atoms with Crippen LogP contribution in [0.25, 0.3) is 0 Å². The molecule has 2 atom stereocenters. The smallest absolute Gasteiger partial charge is 0.369 e. The fourth-order valence-corrected chi connectivity index (χ4v) is 5.32. The number of piperazine rings is 1. The zero-order valence-corrected chi connectivity index (χ0v) is 16.4. The van der Waals surface area contributed by atoms with Crippen molar-refractivity contribution in [1.29, 1.82) is 0 Å². The van der Waals surface area contributed by atoms with Crippen molar-refractivity contribution < 1.29 is 26.4 Å². The van der Waals surface area contributed by atoms with Gasteiger partial charge in [0.1, 0.15) is 0 Å². The fraction of sp³-hybridized carbons (Fsp3) is 0.611. The van der Waals surface area contributed by atoms with E-state index >= 15 is 0 Å². The van der Waals surface area contributed by atoms with Crippen molar-refractivity contribution in [2.75, 3.05) is 42.6 Å². The molecule has 1 amide bonds. The lowest BCUT2D eigenvalue weighted by Gasteiger charge is -2.38. The molecular formula is C18H24F3N3O3S. The predicted octanol–water partition coefficient (Wildman–Crippen LogP) is 1.52. The van der Waals surface area contributed by atoms with Crippen molar-refractivity contribution in [3.05, 3.63) is 29.8 Å². The van der Waals surface area contributed by atoms with Crippen molar-refractivity contribution in [3.63, 3.8) is 0 Å². The summed E-state index contributed by atoms with van der Waals surface area (Å²) in [5.74, 6) is -0.133. The molecule has 28 heavy (non-hydrogen) atoms. The van der Waals surface area contributed by atoms with E-state index in [1.54, 1.807) is 13.0 Å². The Bertz CT molecular complexity index is 821. The molecule has 0 aliphatic carbocycles. The van der Waals surface area contributed by atoms with Gasteiger partial charge < -0.3 is 10.2 Å². The summed E-state index contributed by atoms with van der Waals surface area (Å²) < 4.78 is 61.7. The molecule has 2 aliphatic heterocycles. The highest BCUT2D eigenvalue weighted by molar-refractivity contribution is 7.91. The molecule has 2 heterocycles. The van der Waals surface area contributed by atoms with E-state index in [-0.39, 0.29) is 23.5 Å². The molecule has 3 rings (SSSR count). The van der Waals surface area contributed by atoms with Gasteiger partial charge in [0.15, 0.2) is 9.84 Å². The van der Waals surface area contributed by atoms with Crippen molar-refractivity contribution in [3.8, 4) is 0 Å². The standard InChI is InChI=1S/C18H24F3N3O3S/c1-13(17(25)22-15-5-10-28(26,27)12-15)23-6-8-24(9-7-23)16-4-2-3-14(11-16)18(19,20)21/h2-4,11,13,15H,5-10,12H2,1H3,(H,22,25)/t13-,15-/m1/s1. The average molecular weight is 419 g/mol. The van der Waals surface area contributed by atoms with E-state index < -0.39 is 27.6 Å². The Labute approximate surface area is 162 Å². The topological polar surface area (TPSA) is 69.7 Å². The van der Waals surface area contributed by atoms with Gasteiger partial charge in [0.2, 0.25) is 5.91 Å². The lowest BCUT2D eigenvalue weighted by Crippen LogP contribution is -2.55. The first-order valence-corrected chi connectivity index (χ1v) is 11.0. The Morgan fingerprint density at radius 3 is 2.46 bits per heavy atom. The molecular weight excluding hydrogens is 395 g/mol. The highest BCUT2D eigenvalue weighted by Gasteiger charge is 2.33. The van der Waals surface area contributed by atoms with E-state index in [1.807, 2.05) is 9.80 Å². The molecule has 2 saturated heterocycles. The second kappa shape index (κ2) is 7.90. The van der Waals surface area contributed by atoms with Crippen LogP contribution < -0.4 is 10.2 Å². The number of sulfone groups is 1. The normalized spacial score (nSPS) is 24.1. The third-order valence-corrected chi connectivity index (χ3v) is 7.13. The Morgan fingerprint density at radius 2 is 1.89 bits per heavy atom. The van der Waals surface area contributed by atoms with Gasteiger partial charge in [0.05, 0.1) is 23.1 Å². The molecule has 0 radical (unpaired) electrons. The number of benzene rings is 1. The molecule has 1 aromatic rings. The van der Waals surface area contributed by atoms with Gasteiger partial charge >= 0.3 is 6.18 Å². The summed E-state index contributed by atoms with van der Waals surface area (Å²) in [5.41, 5.74) is -0.158. The van der Waals surface area contributed by atoms with Crippen LogP contribution in [0.4, 0.5) is 18.9 Å². The Hall–Kier alpha value is -1.81. The van der Waals surface area contributed by atoms with E-state index in [0.717, 1.165) is 12.1 Å². The quantitative estimate of drug-likeness (QED) is 0.802. The minimum absolute atomic E-state index is 0.0191. The molecule has 1 N–H and O–H groups in total. The molecule has 2 aliphatic rings. The molecule has 0 aromatic heterocycles. The predicted molar refractivity (Wildman–Crippen MR) is 99.9 cm³/mol. The molecule has 0 spiro atoms. The number of anilines is 1. The first kappa shape index (κ1) is 20.9. The van der Waals surface area contributed by atoms with Crippen LogP contribution in [-0.4, -0.2) is 69.0 Å². The Balaban J connectivity index is 1.54. The highest BCUT2D eigenvalue weighted by atomic mass is 32.2. The maximum atomic E-state index is 12.9. The zero-order valence-electron chi connectivity index (χ0n) is 15.6. The summed E-state index contributed by atoms with van der Waals surface area (Å²) in [5, 5.41) is 2.80. The zero-order chi connectivity index (χ0) is 20.5. The second-order valence-electron chi connectivity index (χ2n) is 7.36. The minimum Gasteiger partial charge on any atom is -0.369 e. The number of alkyl halides is 3. The van der Waals surface area contributed by atoms with Crippen LogP contribution in [0.1, 0.15) is 18.9 Å². The summed E-state index contributed by atoms with van der Waals surface area (Å²) in [6.07, 6.45) is -3.94. The molecule has 6 nitrogen and oxygen atoms in total. The highest BCUT2D eigenvalue weighted by Crippen LogP contribution is 2.32. The summed E-state index contributed by atoms with van der Waals surface area (Å²) in [6.45, 7) is 3.85. The first-order chi connectivity index (χ1) is 13.0. The minimum atomic E-state index is -4.38. The van der Waals surface area contributed by atoms with Gasteiger partial charge in [-0.15, -0.1) is 0 Å². The molecule has 2 fully saturated rings. The van der Waals surface area contributed by atoms with Gasteiger partial charge in [-0.1, -0.05) is 6.07 Å². The van der Waals surface area contributed by atoms with E-state index in [1.165, 1.54) is 6.07 Å². The van der Waals surface area contributed by atoms with E-state index in [4.69, 9.17) is 0 Å². The number of amides is 1. The number of nitrogens with zero attached hydrogens (tertiary/aromatic N) is 2. The lowest BCUT2D eigenvalue weighted by atomic mass is 10.1. The second-order valence-corrected chi connectivity index (χ2v) is 9.58. The third-order valence-electron chi connectivity index (χ3n) is 5.36. The maximum absolute atomic E-state index is 12.9. The van der Waals surface area contributed by atoms with Crippen LogP contribution in [0.5, 0.6) is 0 Å². The molecule has 156 valence electrons. The van der Waals surface area contributed by atoms with Crippen molar-refractivity contribution in [1.82, 2.24) is 10.2 Å². The van der Waals surface area contributed by atoms with Gasteiger partial charge in [-0.3, -0.25) is 9.69 Å². The number of halogens is 3. The van der Waals surface area contributed by atoms with Crippen molar-refractivity contribution in [2.24, 2.45) is 0 Å². The summed E-state index contributed by atoms with van der Waals surface area (Å²) in [4.78, 5) is 16.3. The summed E-state index contributed by atoms with van der Waals surface area (Å²) >= 11 is 0. The monoisotopic (exact) mass is 419 g/mol. The lowest BCUT2D eigenvalue weighted by molar-refractivity contribution is -0.137. The van der Waals surface area contributed by atoms with Crippen LogP contribution >= 0.6 is 0 Å². The van der Waals surface area contributed by atoms with E-state index in [2.05, 4.69) is 5.32 Å². The van der Waals surface area contributed by atoms with Gasteiger partial charge in [-0.25, -0.2) is 8.42 Å². The number of rotatable bonds is 4. The Morgan fingerprint density at radius 1 is 1.21 bits per heavy atom. The largest absolute Gasteiger partial charge is 0.416 e.